The van der Waals surface area contributed by atoms with E-state index in [1.54, 1.807) is 7.11 Å². The van der Waals surface area contributed by atoms with Crippen LogP contribution in [0.5, 0.6) is 5.75 Å². The molecule has 0 bridgehead atoms. The molecule has 0 fully saturated rings. The molecular weight excluding hydrogens is 352 g/mol. The van der Waals surface area contributed by atoms with Crippen molar-refractivity contribution in [1.29, 1.82) is 0 Å². The summed E-state index contributed by atoms with van der Waals surface area (Å²) in [5.41, 5.74) is -0.935. The number of carboxylic acids is 1. The van der Waals surface area contributed by atoms with Gasteiger partial charge in [0.25, 0.3) is 5.56 Å². The minimum Gasteiger partial charge on any atom is -0.477 e. The molecule has 140 valence electrons. The number of hydrogen-bond donors (Lipinski definition) is 3. The largest absolute Gasteiger partial charge is 0.477 e. The SMILES string of the molecule is COCOc1ccc2ccc(CCc3c(C(=O)O)[nH]c(=O)[nH]c3=O)cc2c1. The first-order chi connectivity index (χ1) is 13.0. The third-order valence-electron chi connectivity index (χ3n) is 4.14. The molecule has 0 unspecified atom stereocenters. The van der Waals surface area contributed by atoms with Crippen LogP contribution in [-0.2, 0) is 17.6 Å². The number of ether oxygens (including phenoxy) is 2. The first-order valence-corrected chi connectivity index (χ1v) is 8.21. The first kappa shape index (κ1) is 18.4. The van der Waals surface area contributed by atoms with E-state index in [4.69, 9.17) is 9.47 Å². The Morgan fingerprint density at radius 2 is 1.81 bits per heavy atom. The summed E-state index contributed by atoms with van der Waals surface area (Å²) in [5.74, 6) is -0.668. The lowest BCUT2D eigenvalue weighted by atomic mass is 10.0. The Morgan fingerprint density at radius 1 is 1.04 bits per heavy atom. The standard InChI is InChI=1S/C19H18N2O6/c1-26-10-27-14-6-5-12-4-2-11(8-13(12)9-14)3-7-15-16(18(23)24)20-19(25)21-17(15)22/h2,4-6,8-9H,3,7,10H2,1H3,(H,23,24)(H2,20,21,22,25). The van der Waals surface area contributed by atoms with E-state index >= 15 is 0 Å². The molecule has 0 aliphatic heterocycles. The molecule has 0 radical (unpaired) electrons. The smallest absolute Gasteiger partial charge is 0.352 e. The van der Waals surface area contributed by atoms with Crippen LogP contribution in [0.1, 0.15) is 21.6 Å². The predicted octanol–water partition coefficient (Wildman–Crippen LogP) is 1.68. The van der Waals surface area contributed by atoms with Gasteiger partial charge in [-0.3, -0.25) is 9.78 Å². The Hall–Kier alpha value is -3.39. The number of aryl methyl sites for hydroxylation is 1. The molecule has 0 saturated heterocycles. The highest BCUT2D eigenvalue weighted by molar-refractivity contribution is 5.87. The molecule has 2 aromatic carbocycles. The van der Waals surface area contributed by atoms with E-state index in [2.05, 4.69) is 9.97 Å². The summed E-state index contributed by atoms with van der Waals surface area (Å²) in [6.07, 6.45) is 0.619. The van der Waals surface area contributed by atoms with E-state index in [0.29, 0.717) is 12.2 Å². The van der Waals surface area contributed by atoms with Crippen molar-refractivity contribution >= 4 is 16.7 Å². The topological polar surface area (TPSA) is 121 Å². The third kappa shape index (κ3) is 4.24. The first-order valence-electron chi connectivity index (χ1n) is 8.21. The molecule has 0 saturated carbocycles. The molecule has 27 heavy (non-hydrogen) atoms. The van der Waals surface area contributed by atoms with E-state index in [9.17, 15) is 19.5 Å². The van der Waals surface area contributed by atoms with E-state index < -0.39 is 17.2 Å². The summed E-state index contributed by atoms with van der Waals surface area (Å²) in [4.78, 5) is 38.8. The maximum atomic E-state index is 12.0. The summed E-state index contributed by atoms with van der Waals surface area (Å²) >= 11 is 0. The number of carbonyl (C=O) groups is 1. The highest BCUT2D eigenvalue weighted by Crippen LogP contribution is 2.23. The zero-order valence-corrected chi connectivity index (χ0v) is 14.6. The van der Waals surface area contributed by atoms with E-state index in [-0.39, 0.29) is 24.5 Å². The van der Waals surface area contributed by atoms with Crippen LogP contribution >= 0.6 is 0 Å². The Kier molecular flexibility index (Phi) is 5.37. The summed E-state index contributed by atoms with van der Waals surface area (Å²) in [6.45, 7) is 0.151. The van der Waals surface area contributed by atoms with Crippen molar-refractivity contribution in [2.75, 3.05) is 13.9 Å². The van der Waals surface area contributed by atoms with Crippen molar-refractivity contribution in [3.05, 3.63) is 74.1 Å². The highest BCUT2D eigenvalue weighted by Gasteiger charge is 2.15. The fraction of sp³-hybridized carbons (Fsp3) is 0.211. The van der Waals surface area contributed by atoms with Gasteiger partial charge in [-0.2, -0.15) is 0 Å². The zero-order valence-electron chi connectivity index (χ0n) is 14.6. The number of aromatic carboxylic acids is 1. The normalized spacial score (nSPS) is 10.9. The molecule has 0 aliphatic carbocycles. The van der Waals surface area contributed by atoms with E-state index in [0.717, 1.165) is 16.3 Å². The Morgan fingerprint density at radius 3 is 2.56 bits per heavy atom. The van der Waals surface area contributed by atoms with Gasteiger partial charge in [-0.05, 0) is 41.3 Å². The van der Waals surface area contributed by atoms with Gasteiger partial charge in [-0.15, -0.1) is 0 Å². The lowest BCUT2D eigenvalue weighted by Gasteiger charge is -2.08. The Balaban J connectivity index is 1.86. The summed E-state index contributed by atoms with van der Waals surface area (Å²) in [7, 11) is 1.54. The number of H-pyrrole nitrogens is 2. The average molecular weight is 370 g/mol. The molecule has 0 amide bonds. The van der Waals surface area contributed by atoms with Gasteiger partial charge in [0.05, 0.1) is 0 Å². The summed E-state index contributed by atoms with van der Waals surface area (Å²) in [6, 6.07) is 11.5. The average Bonchev–Trinajstić information content (AvgIpc) is 2.64. The van der Waals surface area contributed by atoms with Crippen LogP contribution in [0.2, 0.25) is 0 Å². The minimum absolute atomic E-state index is 0.0411. The molecule has 1 aromatic heterocycles. The van der Waals surface area contributed by atoms with Crippen LogP contribution < -0.4 is 16.0 Å². The van der Waals surface area contributed by atoms with Crippen LogP contribution in [0, 0.1) is 0 Å². The maximum Gasteiger partial charge on any atom is 0.352 e. The van der Waals surface area contributed by atoms with Crippen molar-refractivity contribution in [2.24, 2.45) is 0 Å². The number of aromatic amines is 2. The third-order valence-corrected chi connectivity index (χ3v) is 4.14. The van der Waals surface area contributed by atoms with Crippen molar-refractivity contribution in [2.45, 2.75) is 12.8 Å². The van der Waals surface area contributed by atoms with Gasteiger partial charge in [0.15, 0.2) is 6.79 Å². The fourth-order valence-corrected chi connectivity index (χ4v) is 2.85. The van der Waals surface area contributed by atoms with Crippen LogP contribution in [0.3, 0.4) is 0 Å². The molecule has 8 nitrogen and oxygen atoms in total. The monoisotopic (exact) mass is 370 g/mol. The molecule has 0 aliphatic rings. The lowest BCUT2D eigenvalue weighted by Crippen LogP contribution is -2.30. The van der Waals surface area contributed by atoms with Gasteiger partial charge in [-0.1, -0.05) is 24.3 Å². The van der Waals surface area contributed by atoms with Crippen molar-refractivity contribution in [3.63, 3.8) is 0 Å². The quantitative estimate of drug-likeness (QED) is 0.544. The van der Waals surface area contributed by atoms with Crippen LogP contribution in [0.4, 0.5) is 0 Å². The molecular formula is C19H18N2O6. The summed E-state index contributed by atoms with van der Waals surface area (Å²) < 4.78 is 10.3. The van der Waals surface area contributed by atoms with E-state index in [1.807, 2.05) is 36.4 Å². The molecule has 0 atom stereocenters. The van der Waals surface area contributed by atoms with Gasteiger partial charge in [0, 0.05) is 12.7 Å². The second-order valence-corrected chi connectivity index (χ2v) is 5.96. The zero-order chi connectivity index (χ0) is 19.4. The van der Waals surface area contributed by atoms with Crippen LogP contribution in [0.25, 0.3) is 10.8 Å². The molecule has 3 aromatic rings. The minimum atomic E-state index is -1.34. The lowest BCUT2D eigenvalue weighted by molar-refractivity contribution is 0.0512. The number of methoxy groups -OCH3 is 1. The predicted molar refractivity (Wildman–Crippen MR) is 98.5 cm³/mol. The second kappa shape index (κ2) is 7.88. The highest BCUT2D eigenvalue weighted by atomic mass is 16.7. The van der Waals surface area contributed by atoms with Gasteiger partial charge < -0.3 is 19.6 Å². The number of hydrogen-bond acceptors (Lipinski definition) is 5. The number of benzene rings is 2. The van der Waals surface area contributed by atoms with Crippen molar-refractivity contribution < 1.29 is 19.4 Å². The molecule has 0 spiro atoms. The Bertz CT molecular complexity index is 1100. The number of carboxylic acid groups (broad SMARTS) is 1. The second-order valence-electron chi connectivity index (χ2n) is 5.96. The van der Waals surface area contributed by atoms with E-state index in [1.165, 1.54) is 0 Å². The molecule has 1 heterocycles. The number of fused-ring (bicyclic) bond motifs is 1. The molecule has 8 heteroatoms. The van der Waals surface area contributed by atoms with Crippen molar-refractivity contribution in [3.8, 4) is 5.75 Å². The summed E-state index contributed by atoms with van der Waals surface area (Å²) in [5, 5.41) is 11.2. The number of nitrogens with one attached hydrogen (secondary N) is 2. The molecule has 3 N–H and O–H groups in total. The fourth-order valence-electron chi connectivity index (χ4n) is 2.85. The van der Waals surface area contributed by atoms with Gasteiger partial charge in [-0.25, -0.2) is 9.59 Å². The van der Waals surface area contributed by atoms with Crippen LogP contribution in [0.15, 0.2) is 46.0 Å². The van der Waals surface area contributed by atoms with Crippen LogP contribution in [-0.4, -0.2) is 34.9 Å². The number of rotatable bonds is 7. The van der Waals surface area contributed by atoms with Gasteiger partial charge in [0.2, 0.25) is 0 Å². The number of aromatic nitrogens is 2. The van der Waals surface area contributed by atoms with Crippen molar-refractivity contribution in [1.82, 2.24) is 9.97 Å². The van der Waals surface area contributed by atoms with Gasteiger partial charge in [0.1, 0.15) is 11.4 Å². The Labute approximate surface area is 153 Å². The maximum absolute atomic E-state index is 12.0. The van der Waals surface area contributed by atoms with Gasteiger partial charge >= 0.3 is 11.7 Å². The molecule has 3 rings (SSSR count).